The molecule has 0 radical (unpaired) electrons. The molecule has 1 atom stereocenters. The summed E-state index contributed by atoms with van der Waals surface area (Å²) in [4.78, 5) is 19.7. The summed E-state index contributed by atoms with van der Waals surface area (Å²) in [6, 6.07) is 0. The van der Waals surface area contributed by atoms with E-state index in [2.05, 4.69) is 34.2 Å². The lowest BCUT2D eigenvalue weighted by molar-refractivity contribution is 0.0693. The first-order valence-electron chi connectivity index (χ1n) is 10.3. The van der Waals surface area contributed by atoms with E-state index in [0.29, 0.717) is 18.4 Å². The molecule has 0 aromatic carbocycles. The molecule has 1 aliphatic carbocycles. The second kappa shape index (κ2) is 7.82. The highest BCUT2D eigenvalue weighted by atomic mass is 16.5. The molecule has 7 heteroatoms. The monoisotopic (exact) mass is 371 g/mol. The molecule has 1 amide bonds. The van der Waals surface area contributed by atoms with Gasteiger partial charge in [-0.3, -0.25) is 9.89 Å². The van der Waals surface area contributed by atoms with Gasteiger partial charge in [-0.05, 0) is 25.7 Å². The second-order valence-corrected chi connectivity index (χ2v) is 8.27. The Hall–Kier alpha value is -2.18. The molecule has 27 heavy (non-hydrogen) atoms. The first kappa shape index (κ1) is 18.2. The number of hydrogen-bond acceptors (Lipinski definition) is 5. The predicted molar refractivity (Wildman–Crippen MR) is 101 cm³/mol. The van der Waals surface area contributed by atoms with Crippen molar-refractivity contribution in [2.24, 2.45) is 0 Å². The first-order chi connectivity index (χ1) is 13.1. The van der Waals surface area contributed by atoms with Crippen molar-refractivity contribution in [1.29, 1.82) is 0 Å². The Balaban J connectivity index is 1.48. The summed E-state index contributed by atoms with van der Waals surface area (Å²) in [6.45, 7) is 5.51. The van der Waals surface area contributed by atoms with E-state index in [1.165, 1.54) is 19.3 Å². The van der Waals surface area contributed by atoms with E-state index in [0.717, 1.165) is 49.3 Å². The van der Waals surface area contributed by atoms with Crippen LogP contribution in [0.4, 0.5) is 0 Å². The molecule has 1 saturated carbocycles. The highest BCUT2D eigenvalue weighted by molar-refractivity contribution is 5.95. The number of likely N-dealkylation sites (tertiary alicyclic amines) is 1. The van der Waals surface area contributed by atoms with E-state index in [9.17, 15) is 4.79 Å². The highest BCUT2D eigenvalue weighted by Gasteiger charge is 2.32. The van der Waals surface area contributed by atoms with Gasteiger partial charge in [0.05, 0.1) is 23.4 Å². The third-order valence-electron chi connectivity index (χ3n) is 5.94. The zero-order chi connectivity index (χ0) is 18.8. The Kier molecular flexibility index (Phi) is 5.27. The average Bonchev–Trinajstić information content (AvgIpc) is 3.38. The number of carbonyl (C=O) groups is 1. The molecule has 4 rings (SSSR count). The zero-order valence-corrected chi connectivity index (χ0v) is 16.3. The minimum Gasteiger partial charge on any atom is -0.339 e. The van der Waals surface area contributed by atoms with E-state index >= 15 is 0 Å². The molecule has 146 valence electrons. The number of rotatable bonds is 4. The fraction of sp³-hybridized carbons (Fsp3) is 0.700. The minimum atomic E-state index is 0.0811. The smallest absolute Gasteiger partial charge is 0.257 e. The quantitative estimate of drug-likeness (QED) is 0.878. The van der Waals surface area contributed by atoms with Gasteiger partial charge in [-0.15, -0.1) is 0 Å². The minimum absolute atomic E-state index is 0.0811. The number of nitrogens with one attached hydrogen (secondary N) is 1. The van der Waals surface area contributed by atoms with Gasteiger partial charge >= 0.3 is 0 Å². The summed E-state index contributed by atoms with van der Waals surface area (Å²) in [5, 5.41) is 11.4. The van der Waals surface area contributed by atoms with Gasteiger partial charge in [-0.1, -0.05) is 38.3 Å². The molecule has 2 fully saturated rings. The van der Waals surface area contributed by atoms with Gasteiger partial charge < -0.3 is 9.42 Å². The van der Waals surface area contributed by atoms with Gasteiger partial charge in [0.1, 0.15) is 0 Å². The van der Waals surface area contributed by atoms with Crippen molar-refractivity contribution in [3.8, 4) is 0 Å². The van der Waals surface area contributed by atoms with Crippen LogP contribution in [-0.4, -0.2) is 44.2 Å². The number of H-pyrrole nitrogens is 1. The normalized spacial score (nSPS) is 21.7. The maximum absolute atomic E-state index is 13.2. The molecule has 1 saturated heterocycles. The fourth-order valence-corrected chi connectivity index (χ4v) is 4.35. The molecular formula is C20H29N5O2. The molecule has 0 bridgehead atoms. The van der Waals surface area contributed by atoms with E-state index in [4.69, 9.17) is 4.52 Å². The highest BCUT2D eigenvalue weighted by Crippen LogP contribution is 2.34. The number of amides is 1. The van der Waals surface area contributed by atoms with Crippen LogP contribution in [0, 0.1) is 0 Å². The van der Waals surface area contributed by atoms with Crippen LogP contribution in [0.3, 0.4) is 0 Å². The largest absolute Gasteiger partial charge is 0.339 e. The van der Waals surface area contributed by atoms with E-state index < -0.39 is 0 Å². The maximum atomic E-state index is 13.2. The topological polar surface area (TPSA) is 87.9 Å². The second-order valence-electron chi connectivity index (χ2n) is 8.27. The van der Waals surface area contributed by atoms with Crippen molar-refractivity contribution in [3.63, 3.8) is 0 Å². The van der Waals surface area contributed by atoms with Crippen molar-refractivity contribution in [1.82, 2.24) is 25.2 Å². The summed E-state index contributed by atoms with van der Waals surface area (Å²) in [5.41, 5.74) is 1.78. The molecular weight excluding hydrogens is 342 g/mol. The van der Waals surface area contributed by atoms with Gasteiger partial charge in [0.25, 0.3) is 5.91 Å². The molecule has 7 nitrogen and oxygen atoms in total. The Morgan fingerprint density at radius 3 is 2.70 bits per heavy atom. The number of aromatic nitrogens is 4. The van der Waals surface area contributed by atoms with E-state index in [-0.39, 0.29) is 17.7 Å². The number of aromatic amines is 1. The van der Waals surface area contributed by atoms with Crippen molar-refractivity contribution in [2.45, 2.75) is 76.5 Å². The SMILES string of the molecule is CC(C)c1noc([C@@H]2CCCN(C(=O)c3cn[nH]c3C3CCCCC3)C2)n1. The zero-order valence-electron chi connectivity index (χ0n) is 16.3. The predicted octanol–water partition coefficient (Wildman–Crippen LogP) is 3.98. The van der Waals surface area contributed by atoms with Gasteiger partial charge in [0.2, 0.25) is 5.89 Å². The van der Waals surface area contributed by atoms with Crippen molar-refractivity contribution < 1.29 is 9.32 Å². The Bertz CT molecular complexity index is 775. The molecule has 1 aliphatic heterocycles. The van der Waals surface area contributed by atoms with Crippen molar-refractivity contribution >= 4 is 5.91 Å². The summed E-state index contributed by atoms with van der Waals surface area (Å²) in [5.74, 6) is 2.28. The summed E-state index contributed by atoms with van der Waals surface area (Å²) in [7, 11) is 0. The summed E-state index contributed by atoms with van der Waals surface area (Å²) < 4.78 is 5.49. The molecule has 2 aliphatic rings. The van der Waals surface area contributed by atoms with Crippen molar-refractivity contribution in [3.05, 3.63) is 29.2 Å². The van der Waals surface area contributed by atoms with Gasteiger partial charge in [0, 0.05) is 24.9 Å². The lowest BCUT2D eigenvalue weighted by Crippen LogP contribution is -2.39. The maximum Gasteiger partial charge on any atom is 0.257 e. The summed E-state index contributed by atoms with van der Waals surface area (Å²) in [6.07, 6.45) is 9.69. The molecule has 2 aromatic heterocycles. The molecule has 2 aromatic rings. The number of piperidine rings is 1. The van der Waals surface area contributed by atoms with Crippen LogP contribution in [0.15, 0.2) is 10.7 Å². The van der Waals surface area contributed by atoms with E-state index in [1.54, 1.807) is 6.20 Å². The van der Waals surface area contributed by atoms with Crippen LogP contribution in [-0.2, 0) is 0 Å². The van der Waals surface area contributed by atoms with Crippen molar-refractivity contribution in [2.75, 3.05) is 13.1 Å². The van der Waals surface area contributed by atoms with Crippen LogP contribution >= 0.6 is 0 Å². The molecule has 3 heterocycles. The third kappa shape index (κ3) is 3.77. The van der Waals surface area contributed by atoms with Crippen LogP contribution in [0.5, 0.6) is 0 Å². The molecule has 0 spiro atoms. The van der Waals surface area contributed by atoms with Crippen LogP contribution in [0.25, 0.3) is 0 Å². The molecule has 1 N–H and O–H groups in total. The number of hydrogen-bond donors (Lipinski definition) is 1. The summed E-state index contributed by atoms with van der Waals surface area (Å²) >= 11 is 0. The van der Waals surface area contributed by atoms with E-state index in [1.807, 2.05) is 4.90 Å². The van der Waals surface area contributed by atoms with Crippen LogP contribution < -0.4 is 0 Å². The Labute approximate surface area is 159 Å². The lowest BCUT2D eigenvalue weighted by atomic mass is 9.85. The fourth-order valence-electron chi connectivity index (χ4n) is 4.35. The standard InChI is InChI=1S/C20H29N5O2/c1-13(2)18-22-19(27-24-18)15-9-6-10-25(12-15)20(26)16-11-21-23-17(16)14-7-4-3-5-8-14/h11,13-15H,3-10,12H2,1-2H3,(H,21,23)/t15-/m1/s1. The first-order valence-corrected chi connectivity index (χ1v) is 10.3. The van der Waals surface area contributed by atoms with Gasteiger partial charge in [-0.2, -0.15) is 10.1 Å². The average molecular weight is 371 g/mol. The van der Waals surface area contributed by atoms with Crippen LogP contribution in [0.1, 0.15) is 104 Å². The number of nitrogens with zero attached hydrogens (tertiary/aromatic N) is 4. The third-order valence-corrected chi connectivity index (χ3v) is 5.94. The van der Waals surface area contributed by atoms with Gasteiger partial charge in [-0.25, -0.2) is 0 Å². The Morgan fingerprint density at radius 2 is 1.96 bits per heavy atom. The van der Waals surface area contributed by atoms with Crippen LogP contribution in [0.2, 0.25) is 0 Å². The lowest BCUT2D eigenvalue weighted by Gasteiger charge is -2.31. The molecule has 0 unspecified atom stereocenters. The number of carbonyl (C=O) groups excluding carboxylic acids is 1. The van der Waals surface area contributed by atoms with Gasteiger partial charge in [0.15, 0.2) is 5.82 Å². The Morgan fingerprint density at radius 1 is 1.19 bits per heavy atom.